The average Bonchev–Trinajstić information content (AvgIpc) is 2.24. The van der Waals surface area contributed by atoms with Gasteiger partial charge in [-0.25, -0.2) is 0 Å². The van der Waals surface area contributed by atoms with Gasteiger partial charge in [-0.05, 0) is 40.0 Å². The Bertz CT molecular complexity index is 248. The molecule has 17 heavy (non-hydrogen) atoms. The molecule has 0 aromatic heterocycles. The van der Waals surface area contributed by atoms with Gasteiger partial charge in [-0.3, -0.25) is 4.79 Å². The lowest BCUT2D eigenvalue weighted by Gasteiger charge is -2.30. The summed E-state index contributed by atoms with van der Waals surface area (Å²) in [5.74, 6) is 0.0667. The van der Waals surface area contributed by atoms with Crippen LogP contribution in [0.1, 0.15) is 47.0 Å². The van der Waals surface area contributed by atoms with Gasteiger partial charge in [0.15, 0.2) is 0 Å². The van der Waals surface area contributed by atoms with Gasteiger partial charge < -0.3 is 15.4 Å². The molecule has 0 aromatic carbocycles. The van der Waals surface area contributed by atoms with Crippen molar-refractivity contribution in [2.45, 2.75) is 64.6 Å². The smallest absolute Gasteiger partial charge is 0.234 e. The van der Waals surface area contributed by atoms with Gasteiger partial charge in [0.2, 0.25) is 5.91 Å². The number of hydrogen-bond acceptors (Lipinski definition) is 3. The van der Waals surface area contributed by atoms with E-state index in [1.54, 1.807) is 0 Å². The quantitative estimate of drug-likeness (QED) is 0.784. The summed E-state index contributed by atoms with van der Waals surface area (Å²) >= 11 is 0. The molecule has 4 nitrogen and oxygen atoms in total. The molecule has 1 amide bonds. The van der Waals surface area contributed by atoms with Crippen LogP contribution in [-0.2, 0) is 9.53 Å². The normalized spacial score (nSPS) is 25.6. The maximum Gasteiger partial charge on any atom is 0.234 e. The summed E-state index contributed by atoms with van der Waals surface area (Å²) in [6, 6.07) is 0.416. The highest BCUT2D eigenvalue weighted by Gasteiger charge is 2.22. The van der Waals surface area contributed by atoms with Crippen molar-refractivity contribution in [1.29, 1.82) is 0 Å². The molecule has 0 saturated carbocycles. The molecule has 1 heterocycles. The number of hydrogen-bond donors (Lipinski definition) is 2. The molecular formula is C13H26N2O2. The zero-order valence-corrected chi connectivity index (χ0v) is 11.5. The van der Waals surface area contributed by atoms with Crippen molar-refractivity contribution >= 4 is 5.91 Å². The summed E-state index contributed by atoms with van der Waals surface area (Å²) in [7, 11) is 0. The third-order valence-electron chi connectivity index (χ3n) is 2.89. The Morgan fingerprint density at radius 1 is 1.41 bits per heavy atom. The SMILES string of the molecule is CCC1CC(NCC(=O)NC(C)(C)C)CCO1. The van der Waals surface area contributed by atoms with Gasteiger partial charge in [-0.2, -0.15) is 0 Å². The maximum absolute atomic E-state index is 11.6. The van der Waals surface area contributed by atoms with Crippen molar-refractivity contribution in [2.75, 3.05) is 13.2 Å². The van der Waals surface area contributed by atoms with Gasteiger partial charge in [0.05, 0.1) is 12.6 Å². The third-order valence-corrected chi connectivity index (χ3v) is 2.89. The molecule has 0 aromatic rings. The number of nitrogens with one attached hydrogen (secondary N) is 2. The second-order valence-electron chi connectivity index (χ2n) is 5.80. The number of amides is 1. The predicted molar refractivity (Wildman–Crippen MR) is 69.0 cm³/mol. The lowest BCUT2D eigenvalue weighted by atomic mass is 10.0. The van der Waals surface area contributed by atoms with Gasteiger partial charge in [-0.1, -0.05) is 6.92 Å². The lowest BCUT2D eigenvalue weighted by Crippen LogP contribution is -2.48. The van der Waals surface area contributed by atoms with Crippen molar-refractivity contribution in [1.82, 2.24) is 10.6 Å². The monoisotopic (exact) mass is 242 g/mol. The summed E-state index contributed by atoms with van der Waals surface area (Å²) in [6.45, 7) is 9.32. The Morgan fingerprint density at radius 3 is 2.71 bits per heavy atom. The highest BCUT2D eigenvalue weighted by molar-refractivity contribution is 5.78. The molecule has 1 saturated heterocycles. The van der Waals surface area contributed by atoms with E-state index in [0.29, 0.717) is 18.7 Å². The van der Waals surface area contributed by atoms with E-state index in [2.05, 4.69) is 17.6 Å². The van der Waals surface area contributed by atoms with Gasteiger partial charge in [0, 0.05) is 18.2 Å². The molecule has 1 rings (SSSR count). The van der Waals surface area contributed by atoms with Crippen LogP contribution in [0, 0.1) is 0 Å². The molecule has 2 atom stereocenters. The lowest BCUT2D eigenvalue weighted by molar-refractivity contribution is -0.122. The Kier molecular flexibility index (Phi) is 5.40. The molecule has 0 bridgehead atoms. The van der Waals surface area contributed by atoms with Crippen LogP contribution in [0.3, 0.4) is 0 Å². The number of rotatable bonds is 4. The van der Waals surface area contributed by atoms with E-state index in [9.17, 15) is 4.79 Å². The van der Waals surface area contributed by atoms with Crippen LogP contribution in [0.2, 0.25) is 0 Å². The Balaban J connectivity index is 2.23. The molecule has 0 aliphatic carbocycles. The number of ether oxygens (including phenoxy) is 1. The van der Waals surface area contributed by atoms with Crippen molar-refractivity contribution in [3.05, 3.63) is 0 Å². The average molecular weight is 242 g/mol. The van der Waals surface area contributed by atoms with Crippen LogP contribution in [0.4, 0.5) is 0 Å². The van der Waals surface area contributed by atoms with Crippen LogP contribution < -0.4 is 10.6 Å². The topological polar surface area (TPSA) is 50.4 Å². The van der Waals surface area contributed by atoms with E-state index in [1.165, 1.54) is 0 Å². The fourth-order valence-corrected chi connectivity index (χ4v) is 2.05. The minimum atomic E-state index is -0.152. The predicted octanol–water partition coefficient (Wildman–Crippen LogP) is 1.45. The van der Waals surface area contributed by atoms with Crippen molar-refractivity contribution in [2.24, 2.45) is 0 Å². The molecule has 0 spiro atoms. The summed E-state index contributed by atoms with van der Waals surface area (Å²) in [5, 5.41) is 6.27. The summed E-state index contributed by atoms with van der Waals surface area (Å²) in [6.07, 6.45) is 3.41. The Hall–Kier alpha value is -0.610. The molecule has 0 radical (unpaired) electrons. The molecule has 1 aliphatic heterocycles. The number of carbonyl (C=O) groups excluding carboxylic acids is 1. The van der Waals surface area contributed by atoms with Crippen LogP contribution >= 0.6 is 0 Å². The fraction of sp³-hybridized carbons (Fsp3) is 0.923. The minimum absolute atomic E-state index is 0.0667. The molecule has 2 unspecified atom stereocenters. The highest BCUT2D eigenvalue weighted by Crippen LogP contribution is 2.15. The third kappa shape index (κ3) is 6.03. The summed E-state index contributed by atoms with van der Waals surface area (Å²) in [4.78, 5) is 11.6. The maximum atomic E-state index is 11.6. The first kappa shape index (κ1) is 14.5. The first-order valence-corrected chi connectivity index (χ1v) is 6.56. The summed E-state index contributed by atoms with van der Waals surface area (Å²) in [5.41, 5.74) is -0.152. The van der Waals surface area contributed by atoms with E-state index in [-0.39, 0.29) is 11.4 Å². The number of carbonyl (C=O) groups is 1. The molecule has 2 N–H and O–H groups in total. The van der Waals surface area contributed by atoms with Crippen molar-refractivity contribution in [3.63, 3.8) is 0 Å². The van der Waals surface area contributed by atoms with Gasteiger partial charge in [-0.15, -0.1) is 0 Å². The standard InChI is InChI=1S/C13H26N2O2/c1-5-11-8-10(6-7-17-11)14-9-12(16)15-13(2,3)4/h10-11,14H,5-9H2,1-4H3,(H,15,16). The molecule has 1 aliphatic rings. The first-order chi connectivity index (χ1) is 7.90. The Morgan fingerprint density at radius 2 is 2.12 bits per heavy atom. The molecular weight excluding hydrogens is 216 g/mol. The molecule has 100 valence electrons. The molecule has 1 fully saturated rings. The van der Waals surface area contributed by atoms with Crippen LogP contribution in [-0.4, -0.2) is 36.7 Å². The second kappa shape index (κ2) is 6.36. The van der Waals surface area contributed by atoms with Crippen molar-refractivity contribution in [3.8, 4) is 0 Å². The van der Waals surface area contributed by atoms with E-state index in [1.807, 2.05) is 20.8 Å². The zero-order valence-electron chi connectivity index (χ0n) is 11.5. The second-order valence-corrected chi connectivity index (χ2v) is 5.80. The minimum Gasteiger partial charge on any atom is -0.378 e. The Labute approximate surface area is 104 Å². The summed E-state index contributed by atoms with van der Waals surface area (Å²) < 4.78 is 5.60. The fourth-order valence-electron chi connectivity index (χ4n) is 2.05. The van der Waals surface area contributed by atoms with Crippen LogP contribution in [0.25, 0.3) is 0 Å². The van der Waals surface area contributed by atoms with E-state index >= 15 is 0 Å². The van der Waals surface area contributed by atoms with E-state index in [4.69, 9.17) is 4.74 Å². The van der Waals surface area contributed by atoms with E-state index < -0.39 is 0 Å². The van der Waals surface area contributed by atoms with E-state index in [0.717, 1.165) is 25.9 Å². The van der Waals surface area contributed by atoms with Gasteiger partial charge in [0.1, 0.15) is 0 Å². The van der Waals surface area contributed by atoms with Crippen LogP contribution in [0.5, 0.6) is 0 Å². The zero-order chi connectivity index (χ0) is 12.9. The molecule has 4 heteroatoms. The van der Waals surface area contributed by atoms with Gasteiger partial charge >= 0.3 is 0 Å². The first-order valence-electron chi connectivity index (χ1n) is 6.56. The van der Waals surface area contributed by atoms with Crippen molar-refractivity contribution < 1.29 is 9.53 Å². The largest absolute Gasteiger partial charge is 0.378 e. The highest BCUT2D eigenvalue weighted by atomic mass is 16.5. The van der Waals surface area contributed by atoms with Gasteiger partial charge in [0.25, 0.3) is 0 Å². The van der Waals surface area contributed by atoms with Crippen LogP contribution in [0.15, 0.2) is 0 Å².